The topological polar surface area (TPSA) is 34.1 Å². The molecule has 3 nitrogen and oxygen atoms in total. The number of hydrogen-bond acceptors (Lipinski definition) is 4. The third-order valence-electron chi connectivity index (χ3n) is 3.33. The summed E-state index contributed by atoms with van der Waals surface area (Å²) in [7, 11) is 1.65. The Morgan fingerprint density at radius 1 is 1.24 bits per heavy atom. The van der Waals surface area contributed by atoms with Gasteiger partial charge >= 0.3 is 0 Å². The smallest absolute Gasteiger partial charge is 0.184 e. The predicted octanol–water partition coefficient (Wildman–Crippen LogP) is 4.88. The number of para-hydroxylation sites is 1. The van der Waals surface area contributed by atoms with Crippen LogP contribution in [0.2, 0.25) is 5.02 Å². The number of ether oxygens (including phenoxy) is 1. The molecule has 3 aromatic rings. The SMILES string of the molecule is COc1cccc(Cl)c1CNc1nc2c(C)cccc2s1. The molecule has 0 aliphatic rings. The molecule has 0 atom stereocenters. The fourth-order valence-corrected chi connectivity index (χ4v) is 3.40. The van der Waals surface area contributed by atoms with Crippen molar-refractivity contribution in [3.05, 3.63) is 52.5 Å². The largest absolute Gasteiger partial charge is 0.496 e. The molecule has 0 fully saturated rings. The summed E-state index contributed by atoms with van der Waals surface area (Å²) in [6.07, 6.45) is 0. The fourth-order valence-electron chi connectivity index (χ4n) is 2.23. The summed E-state index contributed by atoms with van der Waals surface area (Å²) in [5.74, 6) is 0.785. The van der Waals surface area contributed by atoms with E-state index in [1.54, 1.807) is 18.4 Å². The van der Waals surface area contributed by atoms with Crippen LogP contribution >= 0.6 is 22.9 Å². The van der Waals surface area contributed by atoms with Crippen LogP contribution in [-0.4, -0.2) is 12.1 Å². The first-order valence-electron chi connectivity index (χ1n) is 6.60. The van der Waals surface area contributed by atoms with Crippen LogP contribution in [0.15, 0.2) is 36.4 Å². The van der Waals surface area contributed by atoms with E-state index in [0.717, 1.165) is 22.0 Å². The van der Waals surface area contributed by atoms with Crippen molar-refractivity contribution in [3.8, 4) is 5.75 Å². The van der Waals surface area contributed by atoms with Crippen molar-refractivity contribution >= 4 is 38.3 Å². The molecule has 5 heteroatoms. The number of benzene rings is 2. The first-order valence-corrected chi connectivity index (χ1v) is 7.80. The molecule has 108 valence electrons. The number of nitrogens with zero attached hydrogens (tertiary/aromatic N) is 1. The third-order valence-corrected chi connectivity index (χ3v) is 4.67. The summed E-state index contributed by atoms with van der Waals surface area (Å²) < 4.78 is 6.54. The second-order valence-electron chi connectivity index (χ2n) is 4.71. The zero-order chi connectivity index (χ0) is 14.8. The van der Waals surface area contributed by atoms with Gasteiger partial charge in [-0.2, -0.15) is 0 Å². The molecule has 0 amide bonds. The Morgan fingerprint density at radius 2 is 2.05 bits per heavy atom. The quantitative estimate of drug-likeness (QED) is 0.744. The van der Waals surface area contributed by atoms with E-state index in [0.29, 0.717) is 11.6 Å². The minimum atomic E-state index is 0.585. The second-order valence-corrected chi connectivity index (χ2v) is 6.15. The molecule has 1 aromatic heterocycles. The maximum absolute atomic E-state index is 6.24. The number of thiazole rings is 1. The monoisotopic (exact) mass is 318 g/mol. The van der Waals surface area contributed by atoms with Gasteiger partial charge in [0.15, 0.2) is 5.13 Å². The van der Waals surface area contributed by atoms with E-state index in [4.69, 9.17) is 16.3 Å². The number of anilines is 1. The molecular formula is C16H15ClN2OS. The number of aryl methyl sites for hydroxylation is 1. The average Bonchev–Trinajstić information content (AvgIpc) is 2.90. The molecule has 3 rings (SSSR count). The Hall–Kier alpha value is -1.78. The van der Waals surface area contributed by atoms with Gasteiger partial charge in [-0.3, -0.25) is 0 Å². The van der Waals surface area contributed by atoms with Crippen molar-refractivity contribution < 1.29 is 4.74 Å². The molecule has 2 aromatic carbocycles. The van der Waals surface area contributed by atoms with Gasteiger partial charge in [0.2, 0.25) is 0 Å². The van der Waals surface area contributed by atoms with E-state index in [9.17, 15) is 0 Å². The molecule has 0 aliphatic carbocycles. The van der Waals surface area contributed by atoms with E-state index in [-0.39, 0.29) is 0 Å². The lowest BCUT2D eigenvalue weighted by molar-refractivity contribution is 0.410. The average molecular weight is 319 g/mol. The Bertz CT molecular complexity index is 785. The molecule has 0 saturated heterocycles. The summed E-state index contributed by atoms with van der Waals surface area (Å²) in [5.41, 5.74) is 3.18. The van der Waals surface area contributed by atoms with Crippen LogP contribution in [0.5, 0.6) is 5.75 Å². The molecule has 0 spiro atoms. The number of fused-ring (bicyclic) bond motifs is 1. The summed E-state index contributed by atoms with van der Waals surface area (Å²) in [6.45, 7) is 2.66. The van der Waals surface area contributed by atoms with Gasteiger partial charge in [0, 0.05) is 17.1 Å². The summed E-state index contributed by atoms with van der Waals surface area (Å²) in [4.78, 5) is 4.64. The van der Waals surface area contributed by atoms with Crippen LogP contribution in [0.3, 0.4) is 0 Å². The molecule has 0 saturated carbocycles. The predicted molar refractivity (Wildman–Crippen MR) is 89.7 cm³/mol. The van der Waals surface area contributed by atoms with Gasteiger partial charge in [0.05, 0.1) is 17.3 Å². The lowest BCUT2D eigenvalue weighted by Crippen LogP contribution is -2.02. The van der Waals surface area contributed by atoms with Crippen molar-refractivity contribution in [2.24, 2.45) is 0 Å². The molecule has 0 bridgehead atoms. The molecule has 21 heavy (non-hydrogen) atoms. The maximum Gasteiger partial charge on any atom is 0.184 e. The molecule has 0 unspecified atom stereocenters. The fraction of sp³-hybridized carbons (Fsp3) is 0.188. The Balaban J connectivity index is 1.85. The first kappa shape index (κ1) is 14.2. The van der Waals surface area contributed by atoms with Crippen LogP contribution < -0.4 is 10.1 Å². The van der Waals surface area contributed by atoms with Crippen molar-refractivity contribution in [1.29, 1.82) is 0 Å². The van der Waals surface area contributed by atoms with Crippen molar-refractivity contribution in [2.75, 3.05) is 12.4 Å². The van der Waals surface area contributed by atoms with Crippen LogP contribution in [0.1, 0.15) is 11.1 Å². The number of rotatable bonds is 4. The van der Waals surface area contributed by atoms with Gasteiger partial charge in [-0.25, -0.2) is 4.98 Å². The minimum Gasteiger partial charge on any atom is -0.496 e. The lowest BCUT2D eigenvalue weighted by atomic mass is 10.2. The van der Waals surface area contributed by atoms with Gasteiger partial charge in [-0.05, 0) is 30.7 Å². The summed E-state index contributed by atoms with van der Waals surface area (Å²) in [5, 5.41) is 4.92. The maximum atomic E-state index is 6.24. The number of aromatic nitrogens is 1. The van der Waals surface area contributed by atoms with Crippen molar-refractivity contribution in [2.45, 2.75) is 13.5 Å². The minimum absolute atomic E-state index is 0.585. The number of hydrogen-bond donors (Lipinski definition) is 1. The summed E-state index contributed by atoms with van der Waals surface area (Å²) in [6, 6.07) is 11.9. The molecular weight excluding hydrogens is 304 g/mol. The van der Waals surface area contributed by atoms with E-state index < -0.39 is 0 Å². The molecule has 0 radical (unpaired) electrons. The Kier molecular flexibility index (Phi) is 3.99. The van der Waals surface area contributed by atoms with E-state index in [1.807, 2.05) is 18.2 Å². The highest BCUT2D eigenvalue weighted by Crippen LogP contribution is 2.30. The molecule has 0 aliphatic heterocycles. The zero-order valence-corrected chi connectivity index (χ0v) is 13.4. The summed E-state index contributed by atoms with van der Waals surface area (Å²) >= 11 is 7.89. The standard InChI is InChI=1S/C16H15ClN2OS/c1-10-5-3-8-14-15(10)19-16(21-14)18-9-11-12(17)6-4-7-13(11)20-2/h3-8H,9H2,1-2H3,(H,18,19). The van der Waals surface area contributed by atoms with Crippen LogP contribution in [0, 0.1) is 6.92 Å². The lowest BCUT2D eigenvalue weighted by Gasteiger charge is -2.10. The number of methoxy groups -OCH3 is 1. The van der Waals surface area contributed by atoms with Gasteiger partial charge in [-0.1, -0.05) is 41.1 Å². The number of nitrogens with one attached hydrogen (secondary N) is 1. The highest BCUT2D eigenvalue weighted by Gasteiger charge is 2.09. The highest BCUT2D eigenvalue weighted by molar-refractivity contribution is 7.22. The first-order chi connectivity index (χ1) is 10.2. The van der Waals surface area contributed by atoms with Crippen molar-refractivity contribution in [3.63, 3.8) is 0 Å². The molecule has 1 heterocycles. The van der Waals surface area contributed by atoms with Crippen LogP contribution in [0.4, 0.5) is 5.13 Å². The van der Waals surface area contributed by atoms with Crippen LogP contribution in [0.25, 0.3) is 10.2 Å². The van der Waals surface area contributed by atoms with Gasteiger partial charge in [-0.15, -0.1) is 0 Å². The van der Waals surface area contributed by atoms with Crippen LogP contribution in [-0.2, 0) is 6.54 Å². The highest BCUT2D eigenvalue weighted by atomic mass is 35.5. The Labute approximate surface area is 132 Å². The van der Waals surface area contributed by atoms with Gasteiger partial charge < -0.3 is 10.1 Å². The second kappa shape index (κ2) is 5.92. The van der Waals surface area contributed by atoms with Crippen molar-refractivity contribution in [1.82, 2.24) is 4.98 Å². The molecule has 1 N–H and O–H groups in total. The van der Waals surface area contributed by atoms with Gasteiger partial charge in [0.25, 0.3) is 0 Å². The van der Waals surface area contributed by atoms with E-state index in [2.05, 4.69) is 35.4 Å². The van der Waals surface area contributed by atoms with E-state index in [1.165, 1.54) is 10.3 Å². The Morgan fingerprint density at radius 3 is 2.81 bits per heavy atom. The number of halogens is 1. The third kappa shape index (κ3) is 2.82. The normalized spacial score (nSPS) is 10.8. The van der Waals surface area contributed by atoms with Gasteiger partial charge in [0.1, 0.15) is 5.75 Å². The zero-order valence-electron chi connectivity index (χ0n) is 11.8. The van der Waals surface area contributed by atoms with E-state index >= 15 is 0 Å².